The Labute approximate surface area is 177 Å². The van der Waals surface area contributed by atoms with Crippen molar-refractivity contribution in [3.63, 3.8) is 0 Å². The van der Waals surface area contributed by atoms with E-state index in [1.54, 1.807) is 11.6 Å². The van der Waals surface area contributed by atoms with Gasteiger partial charge in [-0.3, -0.25) is 0 Å². The average molecular weight is 403 g/mol. The van der Waals surface area contributed by atoms with Crippen molar-refractivity contribution >= 4 is 0 Å². The lowest BCUT2D eigenvalue weighted by Gasteiger charge is -2.50. The lowest BCUT2D eigenvalue weighted by molar-refractivity contribution is 0.0472. The van der Waals surface area contributed by atoms with E-state index in [1.165, 1.54) is 44.9 Å². The molecule has 3 rings (SSSR count). The van der Waals surface area contributed by atoms with Crippen molar-refractivity contribution in [3.05, 3.63) is 34.9 Å². The molecule has 0 aromatic heterocycles. The summed E-state index contributed by atoms with van der Waals surface area (Å²) in [6.45, 7) is 7.34. The van der Waals surface area contributed by atoms with E-state index in [2.05, 4.69) is 32.9 Å². The minimum Gasteiger partial charge on any atom is -0.396 e. The molecular weight excluding hydrogens is 360 g/mol. The van der Waals surface area contributed by atoms with Crippen LogP contribution in [-0.2, 0) is 0 Å². The Hall–Kier alpha value is -0.900. The molecule has 3 aliphatic rings. The number of hydrogen-bond acceptors (Lipinski definition) is 3. The van der Waals surface area contributed by atoms with Gasteiger partial charge in [0.25, 0.3) is 0 Å². The Kier molecular flexibility index (Phi) is 7.81. The Morgan fingerprint density at radius 1 is 1.14 bits per heavy atom. The van der Waals surface area contributed by atoms with Gasteiger partial charge in [-0.15, -0.1) is 0 Å². The van der Waals surface area contributed by atoms with Crippen LogP contribution in [0.4, 0.5) is 0 Å². The molecule has 0 saturated heterocycles. The number of aliphatic hydroxyl groups excluding tert-OH is 3. The van der Waals surface area contributed by atoms with Crippen molar-refractivity contribution in [1.29, 1.82) is 0 Å². The van der Waals surface area contributed by atoms with Gasteiger partial charge in [0.05, 0.1) is 12.2 Å². The van der Waals surface area contributed by atoms with Crippen molar-refractivity contribution in [2.24, 2.45) is 23.2 Å². The minimum absolute atomic E-state index is 0.0514. The highest BCUT2D eigenvalue weighted by Gasteiger charge is 2.44. The first-order chi connectivity index (χ1) is 13.9. The molecule has 0 spiro atoms. The SMILES string of the molecule is CC[C@@H](C)[C@@H]1CC[C@H]2/C(=C/C=C3C[C@@H](O)C(=CCCO)[C@H](O)C3)CCC[C@]2(C)C1. The molecule has 3 aliphatic carbocycles. The maximum atomic E-state index is 10.4. The molecule has 0 heterocycles. The number of hydrogen-bond donors (Lipinski definition) is 3. The van der Waals surface area contributed by atoms with E-state index >= 15 is 0 Å². The second-order valence-corrected chi connectivity index (χ2v) is 10.2. The van der Waals surface area contributed by atoms with Gasteiger partial charge in [0.15, 0.2) is 0 Å². The summed E-state index contributed by atoms with van der Waals surface area (Å²) >= 11 is 0. The van der Waals surface area contributed by atoms with Crippen LogP contribution in [0, 0.1) is 23.2 Å². The van der Waals surface area contributed by atoms with Crippen LogP contribution in [0.15, 0.2) is 34.9 Å². The van der Waals surface area contributed by atoms with E-state index in [-0.39, 0.29) is 6.61 Å². The summed E-state index contributed by atoms with van der Waals surface area (Å²) in [5, 5.41) is 29.9. The van der Waals surface area contributed by atoms with Gasteiger partial charge in [0.2, 0.25) is 0 Å². The van der Waals surface area contributed by atoms with Crippen LogP contribution in [0.25, 0.3) is 0 Å². The van der Waals surface area contributed by atoms with Gasteiger partial charge in [-0.05, 0) is 86.5 Å². The first-order valence-electron chi connectivity index (χ1n) is 11.9. The zero-order valence-corrected chi connectivity index (χ0v) is 18.7. The van der Waals surface area contributed by atoms with Crippen molar-refractivity contribution in [2.75, 3.05) is 6.61 Å². The number of allylic oxidation sites excluding steroid dienone is 3. The highest BCUT2D eigenvalue weighted by Crippen LogP contribution is 2.55. The highest BCUT2D eigenvalue weighted by atomic mass is 16.3. The number of fused-ring (bicyclic) bond motifs is 1. The van der Waals surface area contributed by atoms with Crippen LogP contribution >= 0.6 is 0 Å². The second-order valence-electron chi connectivity index (χ2n) is 10.2. The van der Waals surface area contributed by atoms with E-state index < -0.39 is 12.2 Å². The van der Waals surface area contributed by atoms with Crippen LogP contribution in [0.2, 0.25) is 0 Å². The van der Waals surface area contributed by atoms with Crippen LogP contribution < -0.4 is 0 Å². The fourth-order valence-electron chi connectivity index (χ4n) is 6.27. The monoisotopic (exact) mass is 402 g/mol. The smallest absolute Gasteiger partial charge is 0.0812 e. The predicted molar refractivity (Wildman–Crippen MR) is 119 cm³/mol. The number of rotatable bonds is 5. The molecule has 3 N–H and O–H groups in total. The van der Waals surface area contributed by atoms with E-state index in [0.29, 0.717) is 36.2 Å². The molecule has 0 aromatic rings. The first kappa shape index (κ1) is 22.8. The minimum atomic E-state index is -0.627. The Balaban J connectivity index is 1.71. The van der Waals surface area contributed by atoms with Crippen LogP contribution in [0.3, 0.4) is 0 Å². The molecule has 0 amide bonds. The summed E-state index contributed by atoms with van der Waals surface area (Å²) in [5.41, 5.74) is 3.86. The van der Waals surface area contributed by atoms with Crippen molar-refractivity contribution in [2.45, 2.75) is 97.2 Å². The van der Waals surface area contributed by atoms with Crippen LogP contribution in [-0.4, -0.2) is 34.1 Å². The molecule has 0 bridgehead atoms. The topological polar surface area (TPSA) is 60.7 Å². The molecule has 0 aromatic carbocycles. The van der Waals surface area contributed by atoms with Crippen LogP contribution in [0.5, 0.6) is 0 Å². The highest BCUT2D eigenvalue weighted by molar-refractivity contribution is 5.30. The normalized spacial score (nSPS) is 37.9. The van der Waals surface area contributed by atoms with Gasteiger partial charge in [0.1, 0.15) is 0 Å². The molecule has 3 fully saturated rings. The van der Waals surface area contributed by atoms with Gasteiger partial charge in [0, 0.05) is 6.61 Å². The van der Waals surface area contributed by atoms with Gasteiger partial charge < -0.3 is 15.3 Å². The summed E-state index contributed by atoms with van der Waals surface area (Å²) in [5.74, 6) is 2.42. The molecular formula is C26H42O3. The summed E-state index contributed by atoms with van der Waals surface area (Å²) in [7, 11) is 0. The lowest BCUT2D eigenvalue weighted by Crippen LogP contribution is -2.39. The third-order valence-corrected chi connectivity index (χ3v) is 8.23. The van der Waals surface area contributed by atoms with E-state index in [1.807, 2.05) is 0 Å². The fraction of sp³-hybridized carbons (Fsp3) is 0.769. The first-order valence-corrected chi connectivity index (χ1v) is 11.9. The second kappa shape index (κ2) is 9.94. The van der Waals surface area contributed by atoms with Crippen LogP contribution in [0.1, 0.15) is 85.0 Å². The van der Waals surface area contributed by atoms with E-state index in [4.69, 9.17) is 5.11 Å². The maximum Gasteiger partial charge on any atom is 0.0812 e. The molecule has 3 saturated carbocycles. The molecule has 0 aliphatic heterocycles. The third-order valence-electron chi connectivity index (χ3n) is 8.23. The predicted octanol–water partition coefficient (Wildman–Crippen LogP) is 5.32. The van der Waals surface area contributed by atoms with Gasteiger partial charge in [-0.25, -0.2) is 0 Å². The molecule has 3 heteroatoms. The van der Waals surface area contributed by atoms with E-state index in [0.717, 1.165) is 17.4 Å². The maximum absolute atomic E-state index is 10.4. The third kappa shape index (κ3) is 5.24. The molecule has 164 valence electrons. The summed E-state index contributed by atoms with van der Waals surface area (Å²) in [4.78, 5) is 0. The molecule has 29 heavy (non-hydrogen) atoms. The number of aliphatic hydroxyl groups is 3. The average Bonchev–Trinajstić information content (AvgIpc) is 2.70. The van der Waals surface area contributed by atoms with Gasteiger partial charge in [-0.2, -0.15) is 0 Å². The Morgan fingerprint density at radius 3 is 2.52 bits per heavy atom. The van der Waals surface area contributed by atoms with E-state index in [9.17, 15) is 10.2 Å². The zero-order chi connectivity index (χ0) is 21.0. The molecule has 0 unspecified atom stereocenters. The standard InChI is InChI=1S/C26H42O3/c1-4-18(2)21-11-12-23-20(7-5-13-26(23,3)17-21)10-9-19-15-24(28)22(8-6-14-27)25(29)16-19/h8-10,18,21,23-25,27-29H,4-7,11-17H2,1-3H3/b19-9?,20-10+,22-8?/t18-,21-,23+,24-,25-,26-/m1/s1. The van der Waals surface area contributed by atoms with Crippen molar-refractivity contribution in [1.82, 2.24) is 0 Å². The molecule has 0 radical (unpaired) electrons. The fourth-order valence-corrected chi connectivity index (χ4v) is 6.27. The largest absolute Gasteiger partial charge is 0.396 e. The summed E-state index contributed by atoms with van der Waals surface area (Å²) in [6.07, 6.45) is 15.9. The van der Waals surface area contributed by atoms with Gasteiger partial charge >= 0.3 is 0 Å². The van der Waals surface area contributed by atoms with Crippen molar-refractivity contribution < 1.29 is 15.3 Å². The molecule has 3 nitrogen and oxygen atoms in total. The Morgan fingerprint density at radius 2 is 1.86 bits per heavy atom. The Bertz CT molecular complexity index is 630. The van der Waals surface area contributed by atoms with Gasteiger partial charge in [-0.1, -0.05) is 56.6 Å². The quantitative estimate of drug-likeness (QED) is 0.546. The zero-order valence-electron chi connectivity index (χ0n) is 18.7. The molecule has 6 atom stereocenters. The summed E-state index contributed by atoms with van der Waals surface area (Å²) < 4.78 is 0. The lowest BCUT2D eigenvalue weighted by atomic mass is 9.55. The summed E-state index contributed by atoms with van der Waals surface area (Å²) in [6, 6.07) is 0. The van der Waals surface area contributed by atoms with Crippen molar-refractivity contribution in [3.8, 4) is 0 Å².